The molecule has 0 aliphatic carbocycles. The standard InChI is InChI=1S/C14H31N/c1-5-9-10-11-13-15(8-4)14(7-3)12-6-2/h14H,5-13H2,1-4H3. The summed E-state index contributed by atoms with van der Waals surface area (Å²) in [6.07, 6.45) is 9.56. The molecule has 1 atom stereocenters. The van der Waals surface area contributed by atoms with E-state index >= 15 is 0 Å². The second-order valence-corrected chi connectivity index (χ2v) is 4.54. The van der Waals surface area contributed by atoms with E-state index in [1.165, 1.54) is 58.0 Å². The van der Waals surface area contributed by atoms with Crippen LogP contribution in [0.1, 0.15) is 72.6 Å². The van der Waals surface area contributed by atoms with Gasteiger partial charge in [-0.15, -0.1) is 0 Å². The number of unbranched alkanes of at least 4 members (excludes halogenated alkanes) is 3. The molecule has 0 fully saturated rings. The normalized spacial score (nSPS) is 13.4. The largest absolute Gasteiger partial charge is 0.301 e. The predicted octanol–water partition coefficient (Wildman–Crippen LogP) is 4.47. The molecule has 0 aromatic carbocycles. The van der Waals surface area contributed by atoms with Gasteiger partial charge >= 0.3 is 0 Å². The van der Waals surface area contributed by atoms with Crippen molar-refractivity contribution in [2.75, 3.05) is 13.1 Å². The third kappa shape index (κ3) is 6.94. The summed E-state index contributed by atoms with van der Waals surface area (Å²) in [4.78, 5) is 2.68. The highest BCUT2D eigenvalue weighted by Crippen LogP contribution is 2.12. The third-order valence-corrected chi connectivity index (χ3v) is 3.31. The lowest BCUT2D eigenvalue weighted by molar-refractivity contribution is 0.186. The van der Waals surface area contributed by atoms with E-state index in [9.17, 15) is 0 Å². The topological polar surface area (TPSA) is 3.24 Å². The van der Waals surface area contributed by atoms with Crippen LogP contribution >= 0.6 is 0 Å². The lowest BCUT2D eigenvalue weighted by Gasteiger charge is -2.29. The van der Waals surface area contributed by atoms with Crippen molar-refractivity contribution in [3.05, 3.63) is 0 Å². The molecule has 0 N–H and O–H groups in total. The first kappa shape index (κ1) is 15.0. The van der Waals surface area contributed by atoms with Crippen LogP contribution in [0.4, 0.5) is 0 Å². The average Bonchev–Trinajstić information content (AvgIpc) is 2.27. The summed E-state index contributed by atoms with van der Waals surface area (Å²) in [6, 6.07) is 0.835. The SMILES string of the molecule is CCCCCCN(CC)C(CC)CCC. The lowest BCUT2D eigenvalue weighted by Crippen LogP contribution is -2.35. The van der Waals surface area contributed by atoms with Gasteiger partial charge in [0.25, 0.3) is 0 Å². The molecule has 1 nitrogen and oxygen atoms in total. The minimum Gasteiger partial charge on any atom is -0.301 e. The number of nitrogens with zero attached hydrogens (tertiary/aromatic N) is 1. The van der Waals surface area contributed by atoms with Crippen molar-refractivity contribution in [1.82, 2.24) is 4.90 Å². The Hall–Kier alpha value is -0.0400. The van der Waals surface area contributed by atoms with E-state index in [0.29, 0.717) is 0 Å². The quantitative estimate of drug-likeness (QED) is 0.484. The molecule has 0 rings (SSSR count). The summed E-state index contributed by atoms with van der Waals surface area (Å²) in [5.41, 5.74) is 0. The van der Waals surface area contributed by atoms with E-state index in [1.54, 1.807) is 0 Å². The van der Waals surface area contributed by atoms with Crippen molar-refractivity contribution >= 4 is 0 Å². The van der Waals surface area contributed by atoms with E-state index in [1.807, 2.05) is 0 Å². The molecular weight excluding hydrogens is 182 g/mol. The molecule has 0 aromatic heterocycles. The molecule has 92 valence electrons. The fourth-order valence-corrected chi connectivity index (χ4v) is 2.32. The van der Waals surface area contributed by atoms with Gasteiger partial charge in [-0.1, -0.05) is 53.4 Å². The van der Waals surface area contributed by atoms with E-state index in [-0.39, 0.29) is 0 Å². The van der Waals surface area contributed by atoms with Crippen LogP contribution in [0.3, 0.4) is 0 Å². The summed E-state index contributed by atoms with van der Waals surface area (Å²) in [6.45, 7) is 11.8. The summed E-state index contributed by atoms with van der Waals surface area (Å²) in [5, 5.41) is 0. The highest BCUT2D eigenvalue weighted by atomic mass is 15.1. The molecule has 0 aliphatic rings. The van der Waals surface area contributed by atoms with Crippen LogP contribution in [0.25, 0.3) is 0 Å². The van der Waals surface area contributed by atoms with Crippen molar-refractivity contribution in [1.29, 1.82) is 0 Å². The molecular formula is C14H31N. The minimum absolute atomic E-state index is 0.835. The molecule has 15 heavy (non-hydrogen) atoms. The molecule has 0 saturated carbocycles. The zero-order valence-electron chi connectivity index (χ0n) is 11.4. The summed E-state index contributed by atoms with van der Waals surface area (Å²) in [7, 11) is 0. The van der Waals surface area contributed by atoms with Crippen molar-refractivity contribution in [3.63, 3.8) is 0 Å². The van der Waals surface area contributed by atoms with E-state index in [2.05, 4.69) is 32.6 Å². The van der Waals surface area contributed by atoms with Gasteiger partial charge in [-0.3, -0.25) is 0 Å². The molecule has 0 aromatic rings. The van der Waals surface area contributed by atoms with Gasteiger partial charge in [0.15, 0.2) is 0 Å². The Kier molecular flexibility index (Phi) is 10.4. The van der Waals surface area contributed by atoms with Crippen LogP contribution < -0.4 is 0 Å². The van der Waals surface area contributed by atoms with Crippen LogP contribution in [0.5, 0.6) is 0 Å². The van der Waals surface area contributed by atoms with Gasteiger partial charge in [0.2, 0.25) is 0 Å². The Bertz CT molecular complexity index is 123. The Morgan fingerprint density at radius 1 is 0.867 bits per heavy atom. The Balaban J connectivity index is 3.76. The molecule has 0 bridgehead atoms. The van der Waals surface area contributed by atoms with Crippen molar-refractivity contribution in [2.24, 2.45) is 0 Å². The zero-order chi connectivity index (χ0) is 11.5. The molecule has 0 heterocycles. The highest BCUT2D eigenvalue weighted by Gasteiger charge is 2.13. The highest BCUT2D eigenvalue weighted by molar-refractivity contribution is 4.68. The van der Waals surface area contributed by atoms with E-state index in [0.717, 1.165) is 6.04 Å². The number of hydrogen-bond donors (Lipinski definition) is 0. The molecule has 0 radical (unpaired) electrons. The maximum Gasteiger partial charge on any atom is 0.00924 e. The second kappa shape index (κ2) is 10.5. The van der Waals surface area contributed by atoms with Gasteiger partial charge < -0.3 is 4.90 Å². The minimum atomic E-state index is 0.835. The van der Waals surface area contributed by atoms with Crippen LogP contribution in [-0.2, 0) is 0 Å². The molecule has 0 amide bonds. The third-order valence-electron chi connectivity index (χ3n) is 3.31. The number of rotatable bonds is 10. The average molecular weight is 213 g/mol. The van der Waals surface area contributed by atoms with Gasteiger partial charge in [-0.2, -0.15) is 0 Å². The zero-order valence-corrected chi connectivity index (χ0v) is 11.4. The fourth-order valence-electron chi connectivity index (χ4n) is 2.32. The first-order valence-corrected chi connectivity index (χ1v) is 7.04. The molecule has 1 heteroatoms. The molecule has 0 aliphatic heterocycles. The van der Waals surface area contributed by atoms with E-state index in [4.69, 9.17) is 0 Å². The molecule has 0 saturated heterocycles. The maximum absolute atomic E-state index is 2.68. The Morgan fingerprint density at radius 2 is 1.60 bits per heavy atom. The van der Waals surface area contributed by atoms with Gasteiger partial charge in [-0.25, -0.2) is 0 Å². The van der Waals surface area contributed by atoms with Crippen LogP contribution in [0, 0.1) is 0 Å². The maximum atomic E-state index is 2.68. The predicted molar refractivity (Wildman–Crippen MR) is 70.4 cm³/mol. The van der Waals surface area contributed by atoms with Gasteiger partial charge in [0.05, 0.1) is 0 Å². The summed E-state index contributed by atoms with van der Waals surface area (Å²) in [5.74, 6) is 0. The Labute approximate surface area is 97.2 Å². The Morgan fingerprint density at radius 3 is 2.07 bits per heavy atom. The molecule has 0 spiro atoms. The first-order valence-electron chi connectivity index (χ1n) is 7.04. The number of hydrogen-bond acceptors (Lipinski definition) is 1. The van der Waals surface area contributed by atoms with Gasteiger partial charge in [-0.05, 0) is 32.4 Å². The van der Waals surface area contributed by atoms with Crippen molar-refractivity contribution < 1.29 is 0 Å². The summed E-state index contributed by atoms with van der Waals surface area (Å²) < 4.78 is 0. The molecule has 1 unspecified atom stereocenters. The smallest absolute Gasteiger partial charge is 0.00924 e. The van der Waals surface area contributed by atoms with Crippen molar-refractivity contribution in [2.45, 2.75) is 78.7 Å². The second-order valence-electron chi connectivity index (χ2n) is 4.54. The lowest BCUT2D eigenvalue weighted by atomic mass is 10.1. The van der Waals surface area contributed by atoms with Crippen LogP contribution in [0.2, 0.25) is 0 Å². The van der Waals surface area contributed by atoms with E-state index < -0.39 is 0 Å². The fraction of sp³-hybridized carbons (Fsp3) is 1.00. The first-order chi connectivity index (χ1) is 7.29. The van der Waals surface area contributed by atoms with Crippen LogP contribution in [-0.4, -0.2) is 24.0 Å². The van der Waals surface area contributed by atoms with Gasteiger partial charge in [0.1, 0.15) is 0 Å². The summed E-state index contributed by atoms with van der Waals surface area (Å²) >= 11 is 0. The van der Waals surface area contributed by atoms with Crippen LogP contribution in [0.15, 0.2) is 0 Å². The van der Waals surface area contributed by atoms with Gasteiger partial charge in [0, 0.05) is 6.04 Å². The van der Waals surface area contributed by atoms with Crippen molar-refractivity contribution in [3.8, 4) is 0 Å². The monoisotopic (exact) mass is 213 g/mol.